The van der Waals surface area contributed by atoms with Crippen LogP contribution < -0.4 is 10.0 Å². The minimum Gasteiger partial charge on any atom is -0.310 e. The number of piperidine rings is 1. The van der Waals surface area contributed by atoms with Crippen LogP contribution in [0.2, 0.25) is 0 Å². The molecule has 1 atom stereocenters. The van der Waals surface area contributed by atoms with E-state index in [9.17, 15) is 13.2 Å². The molecular weight excluding hydrogens is 456 g/mol. The molecule has 0 saturated carbocycles. The van der Waals surface area contributed by atoms with Crippen molar-refractivity contribution in [3.8, 4) is 0 Å². The minimum absolute atomic E-state index is 0.124. The zero-order chi connectivity index (χ0) is 20.9. The lowest BCUT2D eigenvalue weighted by Gasteiger charge is -2.32. The van der Waals surface area contributed by atoms with Gasteiger partial charge in [-0.15, -0.1) is 0 Å². The Kier molecular flexibility index (Phi) is 7.39. The van der Waals surface area contributed by atoms with Crippen LogP contribution in [-0.4, -0.2) is 50.4 Å². The number of halogens is 1. The van der Waals surface area contributed by atoms with E-state index in [1.807, 2.05) is 13.0 Å². The zero-order valence-corrected chi connectivity index (χ0v) is 18.7. The molecule has 1 aromatic carbocycles. The molecule has 0 radical (unpaired) electrons. The third-order valence-corrected chi connectivity index (χ3v) is 6.77. The second-order valence-corrected chi connectivity index (χ2v) is 10.0. The van der Waals surface area contributed by atoms with Crippen molar-refractivity contribution < 1.29 is 13.2 Å². The van der Waals surface area contributed by atoms with Crippen LogP contribution in [0.25, 0.3) is 0 Å². The average Bonchev–Trinajstić information content (AvgIpc) is 2.69. The first kappa shape index (κ1) is 21.9. The largest absolute Gasteiger partial charge is 0.310 e. The van der Waals surface area contributed by atoms with Gasteiger partial charge in [0, 0.05) is 23.8 Å². The molecule has 1 fully saturated rings. The number of likely N-dealkylation sites (tertiary alicyclic amines) is 1. The maximum atomic E-state index is 12.5. The van der Waals surface area contributed by atoms with Gasteiger partial charge in [-0.25, -0.2) is 18.1 Å². The number of pyridine rings is 1. The fourth-order valence-corrected chi connectivity index (χ4v) is 4.68. The molecule has 29 heavy (non-hydrogen) atoms. The standard InChI is InChI=1S/C20H25BrN4O3S/c1-15-4-7-18(8-5-15)29(27,28)23-11-16-3-2-10-25(13-16)14-20(26)24-19-9-6-17(21)12-22-19/h4-9,12,16,23H,2-3,10-11,13-14H2,1H3,(H,22,24,26). The predicted octanol–water partition coefficient (Wildman–Crippen LogP) is 2.78. The lowest BCUT2D eigenvalue weighted by Crippen LogP contribution is -2.43. The van der Waals surface area contributed by atoms with Gasteiger partial charge >= 0.3 is 0 Å². The Morgan fingerprint density at radius 3 is 2.69 bits per heavy atom. The minimum atomic E-state index is -3.52. The number of anilines is 1. The first-order valence-electron chi connectivity index (χ1n) is 9.52. The summed E-state index contributed by atoms with van der Waals surface area (Å²) in [4.78, 5) is 18.8. The van der Waals surface area contributed by atoms with Gasteiger partial charge in [0.25, 0.3) is 0 Å². The van der Waals surface area contributed by atoms with Crippen LogP contribution in [-0.2, 0) is 14.8 Å². The van der Waals surface area contributed by atoms with Gasteiger partial charge in [0.1, 0.15) is 5.82 Å². The van der Waals surface area contributed by atoms with Crippen molar-refractivity contribution in [3.63, 3.8) is 0 Å². The highest BCUT2D eigenvalue weighted by atomic mass is 79.9. The summed E-state index contributed by atoms with van der Waals surface area (Å²) < 4.78 is 28.5. The summed E-state index contributed by atoms with van der Waals surface area (Å²) in [5, 5.41) is 2.79. The molecule has 156 valence electrons. The quantitative estimate of drug-likeness (QED) is 0.635. The van der Waals surface area contributed by atoms with Crippen LogP contribution >= 0.6 is 15.9 Å². The Hall–Kier alpha value is -1.81. The van der Waals surface area contributed by atoms with E-state index in [-0.39, 0.29) is 23.3 Å². The van der Waals surface area contributed by atoms with Crippen molar-refractivity contribution in [2.75, 3.05) is 31.5 Å². The molecule has 9 heteroatoms. The summed E-state index contributed by atoms with van der Waals surface area (Å²) in [6.07, 6.45) is 3.50. The van der Waals surface area contributed by atoms with Gasteiger partial charge in [0.15, 0.2) is 0 Å². The van der Waals surface area contributed by atoms with Crippen molar-refractivity contribution in [3.05, 3.63) is 52.6 Å². The highest BCUT2D eigenvalue weighted by molar-refractivity contribution is 9.10. The summed E-state index contributed by atoms with van der Waals surface area (Å²) >= 11 is 3.31. The summed E-state index contributed by atoms with van der Waals surface area (Å²) in [6, 6.07) is 10.4. The van der Waals surface area contributed by atoms with Gasteiger partial charge in [-0.3, -0.25) is 9.69 Å². The second-order valence-electron chi connectivity index (χ2n) is 7.32. The van der Waals surface area contributed by atoms with Crippen LogP contribution in [0.4, 0.5) is 5.82 Å². The summed E-state index contributed by atoms with van der Waals surface area (Å²) in [6.45, 7) is 4.05. The Labute approximate surface area is 180 Å². The maximum Gasteiger partial charge on any atom is 0.240 e. The molecule has 0 bridgehead atoms. The Balaban J connectivity index is 1.49. The third kappa shape index (κ3) is 6.60. The van der Waals surface area contributed by atoms with E-state index in [0.29, 0.717) is 18.9 Å². The van der Waals surface area contributed by atoms with Gasteiger partial charge < -0.3 is 5.32 Å². The molecule has 2 N–H and O–H groups in total. The molecule has 0 spiro atoms. The highest BCUT2D eigenvalue weighted by Crippen LogP contribution is 2.17. The number of amides is 1. The number of carbonyl (C=O) groups is 1. The molecular formula is C20H25BrN4O3S. The summed E-state index contributed by atoms with van der Waals surface area (Å²) in [5.41, 5.74) is 1.02. The van der Waals surface area contributed by atoms with Crippen molar-refractivity contribution in [1.29, 1.82) is 0 Å². The van der Waals surface area contributed by atoms with Crippen molar-refractivity contribution in [1.82, 2.24) is 14.6 Å². The molecule has 0 aliphatic carbocycles. The molecule has 1 aliphatic rings. The first-order chi connectivity index (χ1) is 13.8. The van der Waals surface area contributed by atoms with E-state index in [1.165, 1.54) is 0 Å². The molecule has 1 saturated heterocycles. The molecule has 2 heterocycles. The SMILES string of the molecule is Cc1ccc(S(=O)(=O)NCC2CCCN(CC(=O)Nc3ccc(Br)cn3)C2)cc1. The molecule has 1 amide bonds. The molecule has 1 aliphatic heterocycles. The van der Waals surface area contributed by atoms with Crippen molar-refractivity contribution in [2.45, 2.75) is 24.7 Å². The molecule has 1 aromatic heterocycles. The molecule has 7 nitrogen and oxygen atoms in total. The van der Waals surface area contributed by atoms with Gasteiger partial charge in [-0.2, -0.15) is 0 Å². The molecule has 1 unspecified atom stereocenters. The summed E-state index contributed by atoms with van der Waals surface area (Å²) in [5.74, 6) is 0.556. The van der Waals surface area contributed by atoms with E-state index < -0.39 is 10.0 Å². The van der Waals surface area contributed by atoms with E-state index in [1.54, 1.807) is 36.5 Å². The number of rotatable bonds is 7. The average molecular weight is 481 g/mol. The highest BCUT2D eigenvalue weighted by Gasteiger charge is 2.24. The van der Waals surface area contributed by atoms with Crippen LogP contribution in [0, 0.1) is 12.8 Å². The van der Waals surface area contributed by atoms with Crippen molar-refractivity contribution in [2.24, 2.45) is 5.92 Å². The van der Waals surface area contributed by atoms with Crippen LogP contribution in [0.15, 0.2) is 52.0 Å². The lowest BCUT2D eigenvalue weighted by molar-refractivity contribution is -0.117. The number of hydrogen-bond donors (Lipinski definition) is 2. The van der Waals surface area contributed by atoms with Gasteiger partial charge in [0.2, 0.25) is 15.9 Å². The fourth-order valence-electron chi connectivity index (χ4n) is 3.33. The third-order valence-electron chi connectivity index (χ3n) is 4.86. The number of aryl methyl sites for hydroxylation is 1. The van der Waals surface area contributed by atoms with Gasteiger partial charge in [0.05, 0.1) is 11.4 Å². The van der Waals surface area contributed by atoms with E-state index in [2.05, 4.69) is 35.9 Å². The van der Waals surface area contributed by atoms with Crippen molar-refractivity contribution >= 4 is 37.7 Å². The van der Waals surface area contributed by atoms with Crippen LogP contribution in [0.3, 0.4) is 0 Å². The first-order valence-corrected chi connectivity index (χ1v) is 11.8. The predicted molar refractivity (Wildman–Crippen MR) is 116 cm³/mol. The Bertz CT molecular complexity index is 933. The van der Waals surface area contributed by atoms with Crippen LogP contribution in [0.5, 0.6) is 0 Å². The number of benzene rings is 1. The lowest BCUT2D eigenvalue weighted by atomic mass is 9.98. The second kappa shape index (κ2) is 9.80. The molecule has 3 rings (SSSR count). The topological polar surface area (TPSA) is 91.4 Å². The smallest absolute Gasteiger partial charge is 0.240 e. The van der Waals surface area contributed by atoms with E-state index in [0.717, 1.165) is 29.4 Å². The normalized spacial score (nSPS) is 17.8. The maximum absolute atomic E-state index is 12.5. The number of aromatic nitrogens is 1. The number of nitrogens with zero attached hydrogens (tertiary/aromatic N) is 2. The van der Waals surface area contributed by atoms with Gasteiger partial charge in [-0.1, -0.05) is 17.7 Å². The summed E-state index contributed by atoms with van der Waals surface area (Å²) in [7, 11) is -3.52. The zero-order valence-electron chi connectivity index (χ0n) is 16.3. The number of nitrogens with one attached hydrogen (secondary N) is 2. The monoisotopic (exact) mass is 480 g/mol. The van der Waals surface area contributed by atoms with E-state index >= 15 is 0 Å². The Morgan fingerprint density at radius 1 is 1.24 bits per heavy atom. The van der Waals surface area contributed by atoms with Gasteiger partial charge in [-0.05, 0) is 72.4 Å². The van der Waals surface area contributed by atoms with E-state index in [4.69, 9.17) is 0 Å². The molecule has 2 aromatic rings. The fraction of sp³-hybridized carbons (Fsp3) is 0.400. The van der Waals surface area contributed by atoms with Crippen LogP contribution in [0.1, 0.15) is 18.4 Å². The number of hydrogen-bond acceptors (Lipinski definition) is 5. The number of sulfonamides is 1. The number of carbonyl (C=O) groups excluding carboxylic acids is 1. The Morgan fingerprint density at radius 2 is 2.00 bits per heavy atom.